The fourth-order valence-corrected chi connectivity index (χ4v) is 4.55. The van der Waals surface area contributed by atoms with E-state index in [0.29, 0.717) is 24.4 Å². The summed E-state index contributed by atoms with van der Waals surface area (Å²) in [6.45, 7) is 6.75. The predicted molar refractivity (Wildman–Crippen MR) is 127 cm³/mol. The van der Waals surface area contributed by atoms with E-state index in [1.807, 2.05) is 53.2 Å². The second-order valence-corrected chi connectivity index (χ2v) is 8.74. The van der Waals surface area contributed by atoms with Crippen LogP contribution in [0.3, 0.4) is 0 Å². The second kappa shape index (κ2) is 9.47. The third-order valence-corrected chi connectivity index (χ3v) is 6.10. The maximum absolute atomic E-state index is 13.4. The average molecular weight is 444 g/mol. The van der Waals surface area contributed by atoms with Crippen molar-refractivity contribution in [3.05, 3.63) is 76.5 Å². The van der Waals surface area contributed by atoms with Gasteiger partial charge in [-0.25, -0.2) is 5.43 Å². The van der Waals surface area contributed by atoms with Gasteiger partial charge in [0.2, 0.25) is 5.91 Å². The van der Waals surface area contributed by atoms with Gasteiger partial charge in [0, 0.05) is 25.7 Å². The molecule has 4 rings (SSSR count). The molecule has 2 amide bonds. The molecule has 2 aromatic rings. The largest absolute Gasteiger partial charge is 0.331 e. The first kappa shape index (κ1) is 22.6. The molecule has 7 heteroatoms. The maximum Gasteiger partial charge on any atom is 0.271 e. The lowest BCUT2D eigenvalue weighted by molar-refractivity contribution is -0.135. The van der Waals surface area contributed by atoms with E-state index < -0.39 is 0 Å². The maximum atomic E-state index is 13.4. The molecule has 2 aliphatic heterocycles. The fraction of sp³-hybridized carbons (Fsp3) is 0.346. The monoisotopic (exact) mass is 443 g/mol. The van der Waals surface area contributed by atoms with E-state index in [2.05, 4.69) is 23.7 Å². The Morgan fingerprint density at radius 3 is 2.67 bits per heavy atom. The average Bonchev–Trinajstić information content (AvgIpc) is 3.23. The number of nitriles is 1. The Balaban J connectivity index is 1.62. The molecule has 2 unspecified atom stereocenters. The SMILES string of the molecule is CCCC1CN(Cc2ccc(C#N)cc2)C(=O)C2=CC(c3ccc(C)cc3NC(C)=O)NN21. The molecule has 2 heterocycles. The van der Waals surface area contributed by atoms with Crippen molar-refractivity contribution in [2.75, 3.05) is 11.9 Å². The summed E-state index contributed by atoms with van der Waals surface area (Å²) in [6.07, 6.45) is 3.91. The van der Waals surface area contributed by atoms with Crippen LogP contribution in [0.5, 0.6) is 0 Å². The molecule has 0 aromatic heterocycles. The number of hydrogen-bond acceptors (Lipinski definition) is 5. The first-order valence-corrected chi connectivity index (χ1v) is 11.3. The molecule has 0 spiro atoms. The quantitative estimate of drug-likeness (QED) is 0.709. The Kier molecular flexibility index (Phi) is 6.47. The molecule has 0 bridgehead atoms. The Morgan fingerprint density at radius 1 is 1.24 bits per heavy atom. The van der Waals surface area contributed by atoms with E-state index >= 15 is 0 Å². The van der Waals surface area contributed by atoms with Crippen LogP contribution >= 0.6 is 0 Å². The lowest BCUT2D eigenvalue weighted by Crippen LogP contribution is -2.56. The minimum Gasteiger partial charge on any atom is -0.331 e. The smallest absolute Gasteiger partial charge is 0.271 e. The molecule has 1 fully saturated rings. The van der Waals surface area contributed by atoms with Gasteiger partial charge >= 0.3 is 0 Å². The van der Waals surface area contributed by atoms with Crippen molar-refractivity contribution in [1.29, 1.82) is 5.26 Å². The van der Waals surface area contributed by atoms with Crippen molar-refractivity contribution < 1.29 is 9.59 Å². The second-order valence-electron chi connectivity index (χ2n) is 8.74. The number of nitrogens with one attached hydrogen (secondary N) is 2. The number of piperazine rings is 1. The molecule has 2 atom stereocenters. The van der Waals surface area contributed by atoms with Crippen LogP contribution in [0.4, 0.5) is 5.69 Å². The Bertz CT molecular complexity index is 1130. The van der Waals surface area contributed by atoms with Gasteiger partial charge in [0.15, 0.2) is 0 Å². The standard InChI is InChI=1S/C26H29N5O2/c1-4-5-21-16-30(15-20-9-7-19(14-27)8-10-20)26(33)25-13-24(29-31(21)25)22-11-6-17(2)12-23(22)28-18(3)32/h6-13,21,24,29H,4-5,15-16H2,1-3H3,(H,28,32). The van der Waals surface area contributed by atoms with E-state index in [-0.39, 0.29) is 23.9 Å². The van der Waals surface area contributed by atoms with Crippen LogP contribution in [0.2, 0.25) is 0 Å². The zero-order chi connectivity index (χ0) is 23.5. The zero-order valence-electron chi connectivity index (χ0n) is 19.3. The minimum absolute atomic E-state index is 0.0186. The number of anilines is 1. The van der Waals surface area contributed by atoms with Crippen molar-refractivity contribution in [3.8, 4) is 6.07 Å². The summed E-state index contributed by atoms with van der Waals surface area (Å²) in [4.78, 5) is 27.1. The molecule has 2 N–H and O–H groups in total. The van der Waals surface area contributed by atoms with E-state index in [9.17, 15) is 9.59 Å². The van der Waals surface area contributed by atoms with Crippen molar-refractivity contribution in [2.24, 2.45) is 0 Å². The zero-order valence-corrected chi connectivity index (χ0v) is 19.3. The van der Waals surface area contributed by atoms with Gasteiger partial charge in [-0.3, -0.25) is 14.6 Å². The predicted octanol–water partition coefficient (Wildman–Crippen LogP) is 3.78. The number of amides is 2. The lowest BCUT2D eigenvalue weighted by atomic mass is 10.0. The summed E-state index contributed by atoms with van der Waals surface area (Å²) >= 11 is 0. The Labute approximate surface area is 194 Å². The molecule has 170 valence electrons. The van der Waals surface area contributed by atoms with Gasteiger partial charge < -0.3 is 10.2 Å². The van der Waals surface area contributed by atoms with Crippen molar-refractivity contribution in [3.63, 3.8) is 0 Å². The number of benzene rings is 2. The van der Waals surface area contributed by atoms with Crippen molar-refractivity contribution >= 4 is 17.5 Å². The number of hydrogen-bond donors (Lipinski definition) is 2. The molecular formula is C26H29N5O2. The molecular weight excluding hydrogens is 414 g/mol. The van der Waals surface area contributed by atoms with Gasteiger partial charge in [0.1, 0.15) is 5.70 Å². The topological polar surface area (TPSA) is 88.5 Å². The molecule has 33 heavy (non-hydrogen) atoms. The Hall–Kier alpha value is -3.63. The lowest BCUT2D eigenvalue weighted by Gasteiger charge is -2.41. The van der Waals surface area contributed by atoms with E-state index in [4.69, 9.17) is 5.26 Å². The van der Waals surface area contributed by atoms with Gasteiger partial charge in [-0.15, -0.1) is 0 Å². The molecule has 0 radical (unpaired) electrons. The van der Waals surface area contributed by atoms with Gasteiger partial charge in [0.05, 0.1) is 23.7 Å². The normalized spacial score (nSPS) is 19.7. The van der Waals surface area contributed by atoms with Crippen LogP contribution in [-0.4, -0.2) is 34.3 Å². The summed E-state index contributed by atoms with van der Waals surface area (Å²) in [5, 5.41) is 14.0. The highest BCUT2D eigenvalue weighted by Crippen LogP contribution is 2.35. The highest BCUT2D eigenvalue weighted by Gasteiger charge is 2.40. The summed E-state index contributed by atoms with van der Waals surface area (Å²) in [7, 11) is 0. The molecule has 0 saturated carbocycles. The fourth-order valence-electron chi connectivity index (χ4n) is 4.55. The summed E-state index contributed by atoms with van der Waals surface area (Å²) < 4.78 is 0. The number of hydrazine groups is 1. The number of nitrogens with zero attached hydrogens (tertiary/aromatic N) is 3. The number of carbonyl (C=O) groups is 2. The van der Waals surface area contributed by atoms with Crippen molar-refractivity contribution in [1.82, 2.24) is 15.3 Å². The van der Waals surface area contributed by atoms with Crippen LogP contribution in [0.1, 0.15) is 55.0 Å². The molecule has 7 nitrogen and oxygen atoms in total. The summed E-state index contributed by atoms with van der Waals surface area (Å²) in [6, 6.07) is 15.4. The number of aryl methyl sites for hydroxylation is 1. The van der Waals surface area contributed by atoms with Crippen LogP contribution in [0, 0.1) is 18.3 Å². The van der Waals surface area contributed by atoms with E-state index in [0.717, 1.165) is 35.2 Å². The summed E-state index contributed by atoms with van der Waals surface area (Å²) in [5.74, 6) is -0.145. The van der Waals surface area contributed by atoms with Gasteiger partial charge in [-0.1, -0.05) is 37.6 Å². The molecule has 2 aliphatic rings. The van der Waals surface area contributed by atoms with Crippen LogP contribution in [-0.2, 0) is 16.1 Å². The third-order valence-electron chi connectivity index (χ3n) is 6.10. The first-order chi connectivity index (χ1) is 15.9. The first-order valence-electron chi connectivity index (χ1n) is 11.3. The van der Waals surface area contributed by atoms with Crippen LogP contribution < -0.4 is 10.7 Å². The molecule has 1 saturated heterocycles. The molecule has 2 aromatic carbocycles. The third kappa shape index (κ3) is 4.76. The van der Waals surface area contributed by atoms with Gasteiger partial charge in [-0.2, -0.15) is 5.26 Å². The number of fused-ring (bicyclic) bond motifs is 1. The number of carbonyl (C=O) groups excluding carboxylic acids is 2. The van der Waals surface area contributed by atoms with Crippen LogP contribution in [0.25, 0.3) is 0 Å². The minimum atomic E-state index is -0.208. The van der Waals surface area contributed by atoms with Gasteiger partial charge in [-0.05, 0) is 54.3 Å². The number of rotatable bonds is 6. The van der Waals surface area contributed by atoms with E-state index in [1.165, 1.54) is 6.92 Å². The highest BCUT2D eigenvalue weighted by molar-refractivity contribution is 5.94. The van der Waals surface area contributed by atoms with Gasteiger partial charge in [0.25, 0.3) is 5.91 Å². The van der Waals surface area contributed by atoms with Crippen LogP contribution in [0.15, 0.2) is 54.2 Å². The summed E-state index contributed by atoms with van der Waals surface area (Å²) in [5.41, 5.74) is 8.51. The highest BCUT2D eigenvalue weighted by atomic mass is 16.2. The van der Waals surface area contributed by atoms with Crippen molar-refractivity contribution in [2.45, 2.75) is 52.2 Å². The van der Waals surface area contributed by atoms with E-state index in [1.54, 1.807) is 12.1 Å². The Morgan fingerprint density at radius 2 is 2.00 bits per heavy atom. The molecule has 0 aliphatic carbocycles.